The summed E-state index contributed by atoms with van der Waals surface area (Å²) in [6.45, 7) is 2.26. The van der Waals surface area contributed by atoms with Crippen LogP contribution in [0.1, 0.15) is 129 Å². The quantitative estimate of drug-likeness (QED) is 0.182. The van der Waals surface area contributed by atoms with Crippen molar-refractivity contribution in [2.75, 3.05) is 0 Å². The van der Waals surface area contributed by atoms with Gasteiger partial charge in [0.15, 0.2) is 0 Å². The lowest BCUT2D eigenvalue weighted by Crippen LogP contribution is -2.42. The molecule has 0 aliphatic rings. The number of carboxylic acid groups (broad SMARTS) is 2. The smallest absolute Gasteiger partial charge is 0.326 e. The van der Waals surface area contributed by atoms with Crippen molar-refractivity contribution in [1.29, 1.82) is 0 Å². The molecule has 0 heterocycles. The number of nitrogens with one attached hydrogen (secondary N) is 1. The second-order valence-electron chi connectivity index (χ2n) is 8.46. The summed E-state index contributed by atoms with van der Waals surface area (Å²) in [6.07, 6.45) is 21.2. The van der Waals surface area contributed by atoms with Crippen molar-refractivity contribution in [1.82, 2.24) is 5.32 Å². The zero-order valence-corrected chi connectivity index (χ0v) is 19.1. The lowest BCUT2D eigenvalue weighted by atomic mass is 10.0. The van der Waals surface area contributed by atoms with Crippen molar-refractivity contribution in [3.05, 3.63) is 0 Å². The number of carboxylic acids is 2. The number of carbonyl (C=O) groups excluding carboxylic acids is 1. The molecule has 6 nitrogen and oxygen atoms in total. The third-order valence-electron chi connectivity index (χ3n) is 5.52. The van der Waals surface area contributed by atoms with E-state index in [1.54, 1.807) is 0 Å². The molecule has 0 spiro atoms. The summed E-state index contributed by atoms with van der Waals surface area (Å²) >= 11 is 0. The van der Waals surface area contributed by atoms with Crippen LogP contribution < -0.4 is 5.32 Å². The van der Waals surface area contributed by atoms with Gasteiger partial charge in [-0.1, -0.05) is 110 Å². The highest BCUT2D eigenvalue weighted by molar-refractivity contribution is 5.86. The van der Waals surface area contributed by atoms with E-state index in [0.29, 0.717) is 6.42 Å². The normalized spacial score (nSPS) is 11.9. The number of amides is 1. The molecule has 176 valence electrons. The van der Waals surface area contributed by atoms with Crippen molar-refractivity contribution >= 4 is 17.8 Å². The summed E-state index contributed by atoms with van der Waals surface area (Å²) in [7, 11) is 0. The van der Waals surface area contributed by atoms with Gasteiger partial charge in [0.1, 0.15) is 6.04 Å². The van der Waals surface area contributed by atoms with Crippen molar-refractivity contribution in [3.63, 3.8) is 0 Å². The standard InChI is InChI=1S/C24H45NO5/c1-2-3-4-5-6-7-8-9-10-11-12-13-14-15-16-17-18-19-22(26)25-21(24(29)30)20-23(27)28/h21H,2-20H2,1H3,(H,25,26)(H,27,28)(H,29,30)/t21-/m0/s1. The van der Waals surface area contributed by atoms with Gasteiger partial charge >= 0.3 is 11.9 Å². The summed E-state index contributed by atoms with van der Waals surface area (Å²) in [4.78, 5) is 33.3. The third kappa shape index (κ3) is 19.7. The first-order valence-electron chi connectivity index (χ1n) is 12.2. The van der Waals surface area contributed by atoms with E-state index in [2.05, 4.69) is 12.2 Å². The molecule has 1 atom stereocenters. The summed E-state index contributed by atoms with van der Waals surface area (Å²) in [5.74, 6) is -2.93. The fourth-order valence-corrected chi connectivity index (χ4v) is 3.65. The van der Waals surface area contributed by atoms with E-state index in [1.165, 1.54) is 89.9 Å². The summed E-state index contributed by atoms with van der Waals surface area (Å²) < 4.78 is 0. The topological polar surface area (TPSA) is 104 Å². The van der Waals surface area contributed by atoms with Crippen molar-refractivity contribution in [2.45, 2.75) is 135 Å². The Morgan fingerprint density at radius 1 is 0.633 bits per heavy atom. The number of hydrogen-bond donors (Lipinski definition) is 3. The zero-order chi connectivity index (χ0) is 22.5. The van der Waals surface area contributed by atoms with Crippen molar-refractivity contribution < 1.29 is 24.6 Å². The monoisotopic (exact) mass is 427 g/mol. The van der Waals surface area contributed by atoms with Gasteiger partial charge in [0.05, 0.1) is 6.42 Å². The molecule has 0 fully saturated rings. The molecule has 0 bridgehead atoms. The van der Waals surface area contributed by atoms with Crippen molar-refractivity contribution in [2.24, 2.45) is 0 Å². The number of rotatable bonds is 22. The second-order valence-corrected chi connectivity index (χ2v) is 8.46. The van der Waals surface area contributed by atoms with Gasteiger partial charge in [0, 0.05) is 6.42 Å². The molecule has 0 radical (unpaired) electrons. The molecule has 30 heavy (non-hydrogen) atoms. The average Bonchev–Trinajstić information content (AvgIpc) is 2.69. The molecule has 0 aromatic carbocycles. The first-order valence-corrected chi connectivity index (χ1v) is 12.2. The van der Waals surface area contributed by atoms with Crippen LogP contribution in [0.25, 0.3) is 0 Å². The first kappa shape index (κ1) is 28.4. The van der Waals surface area contributed by atoms with E-state index < -0.39 is 24.4 Å². The molecule has 0 saturated heterocycles. The van der Waals surface area contributed by atoms with Gasteiger partial charge in [-0.25, -0.2) is 4.79 Å². The minimum absolute atomic E-state index is 0.252. The SMILES string of the molecule is CCCCCCCCCCCCCCCCCCCC(=O)N[C@@H](CC(=O)O)C(=O)O. The minimum Gasteiger partial charge on any atom is -0.481 e. The molecule has 0 rings (SSSR count). The highest BCUT2D eigenvalue weighted by Gasteiger charge is 2.22. The van der Waals surface area contributed by atoms with Crippen LogP contribution in [0.2, 0.25) is 0 Å². The summed E-state index contributed by atoms with van der Waals surface area (Å²) in [5, 5.41) is 19.9. The Balaban J connectivity index is 3.37. The number of unbranched alkanes of at least 4 members (excludes halogenated alkanes) is 16. The Morgan fingerprint density at radius 3 is 1.33 bits per heavy atom. The molecular weight excluding hydrogens is 382 g/mol. The van der Waals surface area contributed by atoms with Crippen LogP contribution in [0.5, 0.6) is 0 Å². The van der Waals surface area contributed by atoms with Gasteiger partial charge in [0.2, 0.25) is 5.91 Å². The molecule has 3 N–H and O–H groups in total. The number of hydrogen-bond acceptors (Lipinski definition) is 3. The van der Waals surface area contributed by atoms with E-state index in [9.17, 15) is 14.4 Å². The van der Waals surface area contributed by atoms with E-state index >= 15 is 0 Å². The fourth-order valence-electron chi connectivity index (χ4n) is 3.65. The minimum atomic E-state index is -1.35. The lowest BCUT2D eigenvalue weighted by molar-refractivity contribution is -0.147. The highest BCUT2D eigenvalue weighted by atomic mass is 16.4. The van der Waals surface area contributed by atoms with Crippen LogP contribution in [0.4, 0.5) is 0 Å². The van der Waals surface area contributed by atoms with Crippen LogP contribution in [-0.4, -0.2) is 34.1 Å². The van der Waals surface area contributed by atoms with Gasteiger partial charge in [-0.05, 0) is 6.42 Å². The van der Waals surface area contributed by atoms with E-state index in [4.69, 9.17) is 10.2 Å². The summed E-state index contributed by atoms with van der Waals surface area (Å²) in [6, 6.07) is -1.35. The number of carbonyl (C=O) groups is 3. The molecule has 0 saturated carbocycles. The van der Waals surface area contributed by atoms with Gasteiger partial charge in [-0.2, -0.15) is 0 Å². The summed E-state index contributed by atoms with van der Waals surface area (Å²) in [5.41, 5.74) is 0. The highest BCUT2D eigenvalue weighted by Crippen LogP contribution is 2.14. The third-order valence-corrected chi connectivity index (χ3v) is 5.52. The Kier molecular flexibility index (Phi) is 19.6. The van der Waals surface area contributed by atoms with Crippen LogP contribution in [0.15, 0.2) is 0 Å². The molecule has 0 aromatic heterocycles. The maximum absolute atomic E-state index is 11.7. The second kappa shape index (κ2) is 20.7. The van der Waals surface area contributed by atoms with Gasteiger partial charge in [-0.3, -0.25) is 9.59 Å². The average molecular weight is 428 g/mol. The van der Waals surface area contributed by atoms with E-state index in [0.717, 1.165) is 12.8 Å². The van der Waals surface area contributed by atoms with E-state index in [-0.39, 0.29) is 12.3 Å². The Morgan fingerprint density at radius 2 is 1.00 bits per heavy atom. The Hall–Kier alpha value is -1.59. The fraction of sp³-hybridized carbons (Fsp3) is 0.875. The Labute approximate surface area is 183 Å². The van der Waals surface area contributed by atoms with Crippen LogP contribution >= 0.6 is 0 Å². The maximum atomic E-state index is 11.7. The predicted octanol–water partition coefficient (Wildman–Crippen LogP) is 6.07. The lowest BCUT2D eigenvalue weighted by Gasteiger charge is -2.12. The first-order chi connectivity index (χ1) is 14.5. The molecule has 1 amide bonds. The van der Waals surface area contributed by atoms with Gasteiger partial charge in [-0.15, -0.1) is 0 Å². The molecule has 0 aliphatic carbocycles. The van der Waals surface area contributed by atoms with Crippen LogP contribution in [0, 0.1) is 0 Å². The van der Waals surface area contributed by atoms with Crippen LogP contribution in [-0.2, 0) is 14.4 Å². The van der Waals surface area contributed by atoms with Gasteiger partial charge < -0.3 is 15.5 Å². The molecule has 0 aliphatic heterocycles. The molecule has 0 aromatic rings. The van der Waals surface area contributed by atoms with Crippen LogP contribution in [0.3, 0.4) is 0 Å². The van der Waals surface area contributed by atoms with Crippen molar-refractivity contribution in [3.8, 4) is 0 Å². The number of aliphatic carboxylic acids is 2. The van der Waals surface area contributed by atoms with Gasteiger partial charge in [0.25, 0.3) is 0 Å². The zero-order valence-electron chi connectivity index (χ0n) is 19.1. The van der Waals surface area contributed by atoms with E-state index in [1.807, 2.05) is 0 Å². The molecular formula is C24H45NO5. The largest absolute Gasteiger partial charge is 0.481 e. The molecule has 6 heteroatoms. The molecule has 0 unspecified atom stereocenters. The maximum Gasteiger partial charge on any atom is 0.326 e. The Bertz CT molecular complexity index is 453. The predicted molar refractivity (Wildman–Crippen MR) is 121 cm³/mol.